The van der Waals surface area contributed by atoms with Crippen LogP contribution in [0.3, 0.4) is 0 Å². The Morgan fingerprint density at radius 2 is 1.21 bits per heavy atom. The van der Waals surface area contributed by atoms with Crippen LogP contribution in [0.25, 0.3) is 66.5 Å². The Morgan fingerprint density at radius 1 is 0.538 bits per heavy atom. The fraction of sp³-hybridized carbons (Fsp3) is 0.0294. The van der Waals surface area contributed by atoms with E-state index in [2.05, 4.69) is 128 Å². The van der Waals surface area contributed by atoms with Crippen LogP contribution in [-0.4, -0.2) is 24.1 Å². The zero-order valence-corrected chi connectivity index (χ0v) is 21.3. The van der Waals surface area contributed by atoms with Gasteiger partial charge < -0.3 is 0 Å². The standard InChI is InChI=1S/C34H23N5/c1-22-24(25-18-19-36-33-32(25)35-20-21-37-33)14-9-17-28(22)39-30-16-8-6-13-27(30)31-26-12-5-7-15-29(26)38(34(31)39)23-10-3-2-4-11-23/h2-21H,1H3. The van der Waals surface area contributed by atoms with Crippen LogP contribution in [0.1, 0.15) is 5.56 Å². The lowest BCUT2D eigenvalue weighted by Crippen LogP contribution is -2.04. The predicted octanol–water partition coefficient (Wildman–Crippen LogP) is 8.04. The van der Waals surface area contributed by atoms with Gasteiger partial charge in [-0.2, -0.15) is 0 Å². The van der Waals surface area contributed by atoms with Crippen molar-refractivity contribution in [3.05, 3.63) is 127 Å². The van der Waals surface area contributed by atoms with Crippen molar-refractivity contribution in [3.63, 3.8) is 0 Å². The number of hydrogen-bond acceptors (Lipinski definition) is 3. The van der Waals surface area contributed by atoms with E-state index in [1.807, 2.05) is 12.3 Å². The molecular weight excluding hydrogens is 478 g/mol. The minimum absolute atomic E-state index is 0.651. The number of fused-ring (bicyclic) bond motifs is 6. The van der Waals surface area contributed by atoms with Gasteiger partial charge in [0.15, 0.2) is 5.65 Å². The second kappa shape index (κ2) is 8.36. The molecule has 4 aromatic heterocycles. The molecule has 0 saturated carbocycles. The van der Waals surface area contributed by atoms with E-state index >= 15 is 0 Å². The van der Waals surface area contributed by atoms with Gasteiger partial charge in [-0.25, -0.2) is 9.97 Å². The Bertz CT molecular complexity index is 2180. The van der Waals surface area contributed by atoms with Crippen molar-refractivity contribution in [2.24, 2.45) is 0 Å². The van der Waals surface area contributed by atoms with Gasteiger partial charge in [-0.1, -0.05) is 66.7 Å². The highest BCUT2D eigenvalue weighted by atomic mass is 15.1. The molecule has 184 valence electrons. The number of rotatable bonds is 3. The number of benzene rings is 4. The van der Waals surface area contributed by atoms with Gasteiger partial charge in [-0.15, -0.1) is 0 Å². The lowest BCUT2D eigenvalue weighted by atomic mass is 9.99. The summed E-state index contributed by atoms with van der Waals surface area (Å²) in [6.07, 6.45) is 5.23. The minimum atomic E-state index is 0.651. The summed E-state index contributed by atoms with van der Waals surface area (Å²) < 4.78 is 4.82. The molecule has 5 heteroatoms. The maximum atomic E-state index is 4.64. The zero-order chi connectivity index (χ0) is 25.9. The lowest BCUT2D eigenvalue weighted by molar-refractivity contribution is 1.06. The summed E-state index contributed by atoms with van der Waals surface area (Å²) in [5, 5.41) is 3.74. The van der Waals surface area contributed by atoms with E-state index in [9.17, 15) is 0 Å². The normalized spacial score (nSPS) is 11.7. The molecule has 0 aliphatic heterocycles. The molecule has 0 N–H and O–H groups in total. The summed E-state index contributed by atoms with van der Waals surface area (Å²) in [4.78, 5) is 13.5. The van der Waals surface area contributed by atoms with Crippen LogP contribution in [0.5, 0.6) is 0 Å². The van der Waals surface area contributed by atoms with Crippen LogP contribution in [0.4, 0.5) is 0 Å². The molecule has 0 radical (unpaired) electrons. The molecule has 8 aromatic rings. The van der Waals surface area contributed by atoms with Crippen molar-refractivity contribution in [2.75, 3.05) is 0 Å². The van der Waals surface area contributed by atoms with Gasteiger partial charge in [-0.3, -0.25) is 14.1 Å². The summed E-state index contributed by atoms with van der Waals surface area (Å²) in [5.74, 6) is 0. The maximum Gasteiger partial charge on any atom is 0.178 e. The fourth-order valence-corrected chi connectivity index (χ4v) is 6.03. The number of para-hydroxylation sites is 3. The maximum absolute atomic E-state index is 4.64. The van der Waals surface area contributed by atoms with Gasteiger partial charge in [0.2, 0.25) is 0 Å². The quantitative estimate of drug-likeness (QED) is 0.246. The summed E-state index contributed by atoms with van der Waals surface area (Å²) in [7, 11) is 0. The number of hydrogen-bond donors (Lipinski definition) is 0. The molecule has 0 bridgehead atoms. The molecular formula is C34H23N5. The molecule has 4 heterocycles. The fourth-order valence-electron chi connectivity index (χ4n) is 6.03. The van der Waals surface area contributed by atoms with Gasteiger partial charge in [0.25, 0.3) is 0 Å². The van der Waals surface area contributed by atoms with E-state index in [0.29, 0.717) is 5.65 Å². The smallest absolute Gasteiger partial charge is 0.178 e. The van der Waals surface area contributed by atoms with E-state index < -0.39 is 0 Å². The predicted molar refractivity (Wildman–Crippen MR) is 159 cm³/mol. The highest BCUT2D eigenvalue weighted by molar-refractivity contribution is 6.22. The van der Waals surface area contributed by atoms with Gasteiger partial charge in [0, 0.05) is 46.0 Å². The molecule has 0 amide bonds. The molecule has 0 saturated heterocycles. The topological polar surface area (TPSA) is 48.5 Å². The molecule has 0 fully saturated rings. The minimum Gasteiger partial charge on any atom is -0.295 e. The van der Waals surface area contributed by atoms with Gasteiger partial charge in [0.05, 0.1) is 16.7 Å². The van der Waals surface area contributed by atoms with Gasteiger partial charge in [-0.05, 0) is 54.4 Å². The zero-order valence-electron chi connectivity index (χ0n) is 21.3. The first kappa shape index (κ1) is 21.8. The van der Waals surface area contributed by atoms with Crippen LogP contribution < -0.4 is 0 Å². The van der Waals surface area contributed by atoms with Crippen molar-refractivity contribution in [2.45, 2.75) is 6.92 Å². The van der Waals surface area contributed by atoms with Gasteiger partial charge in [0.1, 0.15) is 11.2 Å². The lowest BCUT2D eigenvalue weighted by Gasteiger charge is -2.17. The Kier molecular flexibility index (Phi) is 4.67. The molecule has 39 heavy (non-hydrogen) atoms. The number of aromatic nitrogens is 5. The van der Waals surface area contributed by atoms with E-state index in [0.717, 1.165) is 33.7 Å². The Labute approximate surface area is 224 Å². The summed E-state index contributed by atoms with van der Waals surface area (Å²) in [6, 6.07) is 36.6. The second-order valence-electron chi connectivity index (χ2n) is 9.78. The molecule has 0 unspecified atom stereocenters. The molecule has 0 aliphatic rings. The van der Waals surface area contributed by atoms with Crippen LogP contribution in [0, 0.1) is 6.92 Å². The highest BCUT2D eigenvalue weighted by Crippen LogP contribution is 2.42. The number of nitrogens with zero attached hydrogens (tertiary/aromatic N) is 5. The highest BCUT2D eigenvalue weighted by Gasteiger charge is 2.23. The molecule has 0 aliphatic carbocycles. The summed E-state index contributed by atoms with van der Waals surface area (Å²) in [5.41, 5.74) is 10.6. The van der Waals surface area contributed by atoms with E-state index in [1.165, 1.54) is 32.8 Å². The van der Waals surface area contributed by atoms with Crippen LogP contribution >= 0.6 is 0 Å². The first-order valence-corrected chi connectivity index (χ1v) is 13.1. The van der Waals surface area contributed by atoms with Gasteiger partial charge >= 0.3 is 0 Å². The van der Waals surface area contributed by atoms with Crippen LogP contribution in [0.15, 0.2) is 122 Å². The van der Waals surface area contributed by atoms with Crippen molar-refractivity contribution in [1.82, 2.24) is 24.1 Å². The summed E-state index contributed by atoms with van der Waals surface area (Å²) >= 11 is 0. The monoisotopic (exact) mass is 501 g/mol. The largest absolute Gasteiger partial charge is 0.295 e. The average molecular weight is 502 g/mol. The van der Waals surface area contributed by atoms with E-state index in [4.69, 9.17) is 0 Å². The molecule has 0 atom stereocenters. The Hall–Kier alpha value is -5.29. The summed E-state index contributed by atoms with van der Waals surface area (Å²) in [6.45, 7) is 2.20. The first-order valence-electron chi connectivity index (χ1n) is 13.1. The third kappa shape index (κ3) is 3.10. The average Bonchev–Trinajstić information content (AvgIpc) is 3.50. The van der Waals surface area contributed by atoms with E-state index in [1.54, 1.807) is 12.4 Å². The molecule has 4 aromatic carbocycles. The number of pyridine rings is 1. The molecule has 5 nitrogen and oxygen atoms in total. The van der Waals surface area contributed by atoms with Crippen molar-refractivity contribution >= 4 is 44.0 Å². The van der Waals surface area contributed by atoms with Crippen LogP contribution in [-0.2, 0) is 0 Å². The Morgan fingerprint density at radius 3 is 2.00 bits per heavy atom. The van der Waals surface area contributed by atoms with Crippen molar-refractivity contribution < 1.29 is 0 Å². The van der Waals surface area contributed by atoms with E-state index in [-0.39, 0.29) is 0 Å². The van der Waals surface area contributed by atoms with Crippen molar-refractivity contribution in [1.29, 1.82) is 0 Å². The third-order valence-electron chi connectivity index (χ3n) is 7.70. The SMILES string of the molecule is Cc1c(-c2ccnc3nccnc23)cccc1-n1c2ccccc2c2c3ccccc3n(-c3ccccc3)c21. The second-order valence-corrected chi connectivity index (χ2v) is 9.78. The molecule has 8 rings (SSSR count). The van der Waals surface area contributed by atoms with Crippen molar-refractivity contribution in [3.8, 4) is 22.5 Å². The first-order chi connectivity index (χ1) is 19.3. The Balaban J connectivity index is 1.53. The molecule has 0 spiro atoms. The third-order valence-corrected chi connectivity index (χ3v) is 7.70. The van der Waals surface area contributed by atoms with Crippen LogP contribution in [0.2, 0.25) is 0 Å².